The highest BCUT2D eigenvalue weighted by Gasteiger charge is 2.35. The number of benzene rings is 1. The van der Waals surface area contributed by atoms with Crippen LogP contribution in [0.4, 0.5) is 19.4 Å². The summed E-state index contributed by atoms with van der Waals surface area (Å²) >= 11 is 0. The molecule has 3 aromatic heterocycles. The van der Waals surface area contributed by atoms with Crippen molar-refractivity contribution in [2.45, 2.75) is 43.0 Å². The number of anilines is 1. The molecule has 4 aromatic rings. The van der Waals surface area contributed by atoms with Crippen molar-refractivity contribution >= 4 is 27.7 Å². The van der Waals surface area contributed by atoms with Gasteiger partial charge in [0.05, 0.1) is 60.0 Å². The van der Waals surface area contributed by atoms with E-state index in [2.05, 4.69) is 30.2 Å². The molecule has 4 heterocycles. The molecule has 0 aliphatic carbocycles. The van der Waals surface area contributed by atoms with E-state index in [1.807, 2.05) is 0 Å². The normalized spacial score (nSPS) is 16.9. The van der Waals surface area contributed by atoms with Crippen LogP contribution in [0.3, 0.4) is 0 Å². The maximum absolute atomic E-state index is 13.2. The number of nitrogens with zero attached hydrogens (tertiary/aromatic N) is 6. The Balaban J connectivity index is 1.27. The van der Waals surface area contributed by atoms with Gasteiger partial charge in [0.1, 0.15) is 24.2 Å². The van der Waals surface area contributed by atoms with E-state index in [4.69, 9.17) is 15.2 Å². The Bertz CT molecular complexity index is 1780. The van der Waals surface area contributed by atoms with Crippen molar-refractivity contribution in [3.05, 3.63) is 84.4 Å². The second kappa shape index (κ2) is 15.1. The lowest BCUT2D eigenvalue weighted by Crippen LogP contribution is -2.35. The van der Waals surface area contributed by atoms with E-state index in [1.165, 1.54) is 60.6 Å². The predicted molar refractivity (Wildman–Crippen MR) is 165 cm³/mol. The molecule has 1 aliphatic heterocycles. The minimum absolute atomic E-state index is 0.0815. The molecular weight excluding hydrogens is 654 g/mol. The van der Waals surface area contributed by atoms with Crippen molar-refractivity contribution in [1.29, 1.82) is 0 Å². The number of nitrogens with one attached hydrogen (secondary N) is 1. The number of alkyl halides is 2. The molecule has 0 bridgehead atoms. The Morgan fingerprint density at radius 3 is 2.40 bits per heavy atom. The molecule has 5 rings (SSSR count). The fraction of sp³-hybridized carbons (Fsp3) is 0.333. The van der Waals surface area contributed by atoms with Crippen LogP contribution >= 0.6 is 0 Å². The van der Waals surface area contributed by atoms with E-state index in [0.29, 0.717) is 29.4 Å². The number of pyridine rings is 2. The van der Waals surface area contributed by atoms with Crippen LogP contribution in [0.25, 0.3) is 5.69 Å². The molecule has 18 heteroatoms. The van der Waals surface area contributed by atoms with Gasteiger partial charge in [-0.3, -0.25) is 4.79 Å². The molecule has 0 spiro atoms. The number of halogens is 2. The minimum atomic E-state index is -3.45. The van der Waals surface area contributed by atoms with Crippen molar-refractivity contribution < 1.29 is 41.0 Å². The van der Waals surface area contributed by atoms with Crippen LogP contribution in [-0.2, 0) is 19.3 Å². The zero-order valence-electron chi connectivity index (χ0n) is 25.6. The Morgan fingerprint density at radius 2 is 1.79 bits per heavy atom. The average Bonchev–Trinajstić information content (AvgIpc) is 3.77. The first-order valence-electron chi connectivity index (χ1n) is 14.7. The SMILES string of the molecule is CCS(=O)(=O)c1ccc([C@H](COC(N)=O)NC(=O)c2ccc(N3C[C@@H](Oc4ccc(-n5nccn5)cn4)C[C@H]3COC(F)F)nc2)cc1. The smallest absolute Gasteiger partial charge is 0.404 e. The first-order chi connectivity index (χ1) is 23.0. The largest absolute Gasteiger partial charge is 0.472 e. The summed E-state index contributed by atoms with van der Waals surface area (Å²) in [5, 5.41) is 10.8. The predicted octanol–water partition coefficient (Wildman–Crippen LogP) is 2.68. The van der Waals surface area contributed by atoms with Crippen LogP contribution in [0, 0.1) is 0 Å². The van der Waals surface area contributed by atoms with E-state index >= 15 is 0 Å². The summed E-state index contributed by atoms with van der Waals surface area (Å²) in [6.07, 6.45) is 4.78. The van der Waals surface area contributed by atoms with Crippen LogP contribution in [0.15, 0.2) is 78.2 Å². The van der Waals surface area contributed by atoms with Crippen molar-refractivity contribution in [3.8, 4) is 11.6 Å². The molecule has 1 aromatic carbocycles. The van der Waals surface area contributed by atoms with Crippen molar-refractivity contribution in [1.82, 2.24) is 30.3 Å². The molecule has 15 nitrogen and oxygen atoms in total. The fourth-order valence-electron chi connectivity index (χ4n) is 5.05. The number of carbonyl (C=O) groups is 2. The molecule has 3 N–H and O–H groups in total. The minimum Gasteiger partial charge on any atom is -0.472 e. The second-order valence-electron chi connectivity index (χ2n) is 10.6. The molecule has 0 radical (unpaired) electrons. The Morgan fingerprint density at radius 1 is 1.04 bits per heavy atom. The molecule has 3 atom stereocenters. The standard InChI is InChI=1S/C30H32F2N8O7S/c1-2-48(43,44)24-7-3-19(4-8-24)25(18-46-30(33)42)38-28(41)20-5-9-26(34-14-20)39-16-23(13-22(39)17-45-29(31)32)47-27-10-6-21(15-35-27)40-36-11-12-37-40/h3-12,14-15,22-23,25,29H,2,13,16-18H2,1H3,(H2,33,42)(H,38,41)/t22-,23-,25-/m0/s1. The van der Waals surface area contributed by atoms with Gasteiger partial charge >= 0.3 is 12.7 Å². The molecule has 254 valence electrons. The third-order valence-corrected chi connectivity index (χ3v) is 9.22. The topological polar surface area (TPSA) is 194 Å². The average molecular weight is 687 g/mol. The van der Waals surface area contributed by atoms with Gasteiger partial charge in [0, 0.05) is 18.7 Å². The summed E-state index contributed by atoms with van der Waals surface area (Å²) in [7, 11) is -3.45. The number of nitrogens with two attached hydrogens (primary N) is 1. The highest BCUT2D eigenvalue weighted by molar-refractivity contribution is 7.91. The Hall–Kier alpha value is -5.23. The van der Waals surface area contributed by atoms with Gasteiger partial charge in [-0.2, -0.15) is 23.8 Å². The zero-order chi connectivity index (χ0) is 34.3. The number of rotatable bonds is 14. The summed E-state index contributed by atoms with van der Waals surface area (Å²) < 4.78 is 65.9. The number of ether oxygens (including phenoxy) is 3. The molecule has 1 aliphatic rings. The molecule has 48 heavy (non-hydrogen) atoms. The first-order valence-corrected chi connectivity index (χ1v) is 16.3. The van der Waals surface area contributed by atoms with Crippen molar-refractivity contribution in [3.63, 3.8) is 0 Å². The lowest BCUT2D eigenvalue weighted by Gasteiger charge is -2.25. The van der Waals surface area contributed by atoms with Crippen LogP contribution in [0.5, 0.6) is 5.88 Å². The summed E-state index contributed by atoms with van der Waals surface area (Å²) in [6.45, 7) is -1.77. The van der Waals surface area contributed by atoms with Gasteiger partial charge in [0.25, 0.3) is 5.91 Å². The van der Waals surface area contributed by atoms with Crippen molar-refractivity contribution in [2.24, 2.45) is 5.73 Å². The first kappa shape index (κ1) is 34.1. The third kappa shape index (κ3) is 8.56. The number of hydrogen-bond acceptors (Lipinski definition) is 12. The molecule has 0 saturated carbocycles. The lowest BCUT2D eigenvalue weighted by molar-refractivity contribution is -0.131. The van der Waals surface area contributed by atoms with Gasteiger partial charge in [-0.05, 0) is 35.9 Å². The summed E-state index contributed by atoms with van der Waals surface area (Å²) in [4.78, 5) is 36.5. The molecule has 0 unspecified atom stereocenters. The molecular formula is C30H32F2N8O7S. The second-order valence-corrected chi connectivity index (χ2v) is 12.9. The van der Waals surface area contributed by atoms with E-state index in [9.17, 15) is 26.8 Å². The highest BCUT2D eigenvalue weighted by atomic mass is 32.2. The van der Waals surface area contributed by atoms with Crippen LogP contribution < -0.4 is 20.7 Å². The van der Waals surface area contributed by atoms with Gasteiger partial charge < -0.3 is 30.2 Å². The van der Waals surface area contributed by atoms with Gasteiger partial charge in [0.15, 0.2) is 9.84 Å². The molecule has 2 amide bonds. The maximum Gasteiger partial charge on any atom is 0.404 e. The monoisotopic (exact) mass is 686 g/mol. The fourth-order valence-corrected chi connectivity index (χ4v) is 5.94. The van der Waals surface area contributed by atoms with Gasteiger partial charge in [-0.25, -0.2) is 23.2 Å². The number of hydrogen-bond donors (Lipinski definition) is 2. The Labute approximate surface area is 273 Å². The number of primary amides is 1. The van der Waals surface area contributed by atoms with E-state index < -0.39 is 46.6 Å². The van der Waals surface area contributed by atoms with E-state index in [-0.39, 0.29) is 36.0 Å². The van der Waals surface area contributed by atoms with Gasteiger partial charge in [-0.15, -0.1) is 0 Å². The summed E-state index contributed by atoms with van der Waals surface area (Å²) in [6, 6.07) is 10.9. The lowest BCUT2D eigenvalue weighted by atomic mass is 10.1. The van der Waals surface area contributed by atoms with Crippen LogP contribution in [-0.4, -0.2) is 89.6 Å². The van der Waals surface area contributed by atoms with E-state index in [1.54, 1.807) is 29.3 Å². The summed E-state index contributed by atoms with van der Waals surface area (Å²) in [5.74, 6) is 0.0668. The van der Waals surface area contributed by atoms with Crippen LogP contribution in [0.1, 0.15) is 35.3 Å². The van der Waals surface area contributed by atoms with Gasteiger partial charge in [0.2, 0.25) is 5.88 Å². The quantitative estimate of drug-likeness (QED) is 0.197. The summed E-state index contributed by atoms with van der Waals surface area (Å²) in [5.41, 5.74) is 6.37. The van der Waals surface area contributed by atoms with E-state index in [0.717, 1.165) is 0 Å². The number of sulfone groups is 1. The third-order valence-electron chi connectivity index (χ3n) is 7.47. The molecule has 1 fully saturated rings. The van der Waals surface area contributed by atoms with Gasteiger partial charge in [-0.1, -0.05) is 19.1 Å². The Kier molecular flexibility index (Phi) is 10.7. The van der Waals surface area contributed by atoms with Crippen LogP contribution in [0.2, 0.25) is 0 Å². The zero-order valence-corrected chi connectivity index (χ0v) is 26.4. The maximum atomic E-state index is 13.2. The highest BCUT2D eigenvalue weighted by Crippen LogP contribution is 2.28. The molecule has 1 saturated heterocycles. The number of amides is 2. The number of aromatic nitrogens is 5. The van der Waals surface area contributed by atoms with Crippen molar-refractivity contribution in [2.75, 3.05) is 30.4 Å². The number of carbonyl (C=O) groups excluding carboxylic acids is 2.